The lowest BCUT2D eigenvalue weighted by Crippen LogP contribution is -2.19. The predicted molar refractivity (Wildman–Crippen MR) is 79.7 cm³/mol. The molecule has 0 spiro atoms. The molecule has 0 radical (unpaired) electrons. The van der Waals surface area contributed by atoms with Crippen LogP contribution in [-0.2, 0) is 4.79 Å². The lowest BCUT2D eigenvalue weighted by molar-refractivity contribution is -0.117. The van der Waals surface area contributed by atoms with Crippen LogP contribution in [0, 0.1) is 5.41 Å². The number of carbonyl (C=O) groups excluding carboxylic acids is 1. The van der Waals surface area contributed by atoms with E-state index < -0.39 is 0 Å². The maximum Gasteiger partial charge on any atom is 0.239 e. The fourth-order valence-corrected chi connectivity index (χ4v) is 1.94. The van der Waals surface area contributed by atoms with Gasteiger partial charge < -0.3 is 4.52 Å². The Bertz CT molecular complexity index is 597. The van der Waals surface area contributed by atoms with Gasteiger partial charge in [-0.25, -0.2) is 0 Å². The third-order valence-electron chi connectivity index (χ3n) is 2.67. The molecule has 1 aromatic carbocycles. The summed E-state index contributed by atoms with van der Waals surface area (Å²) >= 11 is 5.86. The summed E-state index contributed by atoms with van der Waals surface area (Å²) in [7, 11) is 0. The Morgan fingerprint density at radius 3 is 2.55 bits per heavy atom. The summed E-state index contributed by atoms with van der Waals surface area (Å²) < 4.78 is 5.12. The van der Waals surface area contributed by atoms with Crippen molar-refractivity contribution in [1.29, 1.82) is 0 Å². The van der Waals surface area contributed by atoms with Gasteiger partial charge in [0.1, 0.15) is 0 Å². The number of rotatable bonds is 3. The van der Waals surface area contributed by atoms with Crippen LogP contribution in [0.5, 0.6) is 0 Å². The van der Waals surface area contributed by atoms with Crippen LogP contribution in [0.1, 0.15) is 27.2 Å². The molecule has 0 atom stereocenters. The zero-order chi connectivity index (χ0) is 14.8. The Hall–Kier alpha value is -1.81. The molecule has 0 aliphatic carbocycles. The van der Waals surface area contributed by atoms with Gasteiger partial charge in [0, 0.05) is 11.4 Å². The number of nitrogens with one attached hydrogen (secondary N) is 1. The topological polar surface area (TPSA) is 55.1 Å². The van der Waals surface area contributed by atoms with E-state index in [0.29, 0.717) is 17.3 Å². The molecule has 106 valence electrons. The molecule has 2 rings (SSSR count). The molecule has 0 aliphatic heterocycles. The Labute approximate surface area is 123 Å². The average Bonchev–Trinajstić information content (AvgIpc) is 2.75. The van der Waals surface area contributed by atoms with E-state index in [9.17, 15) is 4.79 Å². The molecule has 1 aromatic heterocycles. The molecule has 20 heavy (non-hydrogen) atoms. The normalized spacial score (nSPS) is 11.4. The Morgan fingerprint density at radius 1 is 1.30 bits per heavy atom. The summed E-state index contributed by atoms with van der Waals surface area (Å²) in [6.45, 7) is 6.02. The number of anilines is 1. The second kappa shape index (κ2) is 5.67. The molecule has 0 unspecified atom stereocenters. The minimum Gasteiger partial charge on any atom is -0.338 e. The van der Waals surface area contributed by atoms with Crippen LogP contribution >= 0.6 is 11.6 Å². The first kappa shape index (κ1) is 14.6. The third kappa shape index (κ3) is 3.84. The van der Waals surface area contributed by atoms with E-state index in [1.807, 2.05) is 32.9 Å². The molecule has 1 heterocycles. The Balaban J connectivity index is 2.17. The van der Waals surface area contributed by atoms with E-state index in [0.717, 1.165) is 11.1 Å². The van der Waals surface area contributed by atoms with Gasteiger partial charge in [-0.1, -0.05) is 49.7 Å². The van der Waals surface area contributed by atoms with Gasteiger partial charge in [0.15, 0.2) is 0 Å². The molecule has 0 saturated carbocycles. The minimum atomic E-state index is -0.0931. The van der Waals surface area contributed by atoms with Gasteiger partial charge in [-0.05, 0) is 23.1 Å². The molecule has 1 amide bonds. The number of nitrogens with zero attached hydrogens (tertiary/aromatic N) is 1. The molecule has 0 saturated heterocycles. The second-order valence-corrected chi connectivity index (χ2v) is 6.30. The van der Waals surface area contributed by atoms with E-state index in [1.165, 1.54) is 0 Å². The molecular weight excluding hydrogens is 276 g/mol. The summed E-state index contributed by atoms with van der Waals surface area (Å²) in [5, 5.41) is 7.16. The second-order valence-electron chi connectivity index (χ2n) is 5.86. The van der Waals surface area contributed by atoms with Gasteiger partial charge in [0.05, 0.1) is 11.8 Å². The fraction of sp³-hybridized carbons (Fsp3) is 0.333. The van der Waals surface area contributed by atoms with Crippen molar-refractivity contribution >= 4 is 23.4 Å². The zero-order valence-corrected chi connectivity index (χ0v) is 12.5. The predicted octanol–water partition coefficient (Wildman–Crippen LogP) is 4.37. The van der Waals surface area contributed by atoms with Gasteiger partial charge in [-0.3, -0.25) is 10.1 Å². The van der Waals surface area contributed by atoms with Crippen molar-refractivity contribution < 1.29 is 9.32 Å². The van der Waals surface area contributed by atoms with E-state index in [-0.39, 0.29) is 11.3 Å². The van der Waals surface area contributed by atoms with E-state index >= 15 is 0 Å². The van der Waals surface area contributed by atoms with E-state index in [2.05, 4.69) is 10.5 Å². The van der Waals surface area contributed by atoms with Gasteiger partial charge >= 0.3 is 0 Å². The molecule has 0 bridgehead atoms. The first-order valence-electron chi connectivity index (χ1n) is 6.36. The summed E-state index contributed by atoms with van der Waals surface area (Å²) in [5.74, 6) is 0.269. The van der Waals surface area contributed by atoms with Crippen LogP contribution in [0.4, 0.5) is 5.88 Å². The SMILES string of the molecule is CC(C)(C)CC(=O)Nc1oncc1-c1ccc(Cl)cc1. The van der Waals surface area contributed by atoms with Gasteiger partial charge in [0.25, 0.3) is 0 Å². The molecule has 4 nitrogen and oxygen atoms in total. The standard InChI is InChI=1S/C15H17ClN2O2/c1-15(2,3)8-13(19)18-14-12(9-17-20-14)10-4-6-11(16)7-5-10/h4-7,9H,8H2,1-3H3,(H,18,19). The molecule has 1 N–H and O–H groups in total. The highest BCUT2D eigenvalue weighted by Crippen LogP contribution is 2.29. The number of hydrogen-bond donors (Lipinski definition) is 1. The summed E-state index contributed by atoms with van der Waals surface area (Å²) in [4.78, 5) is 11.9. The lowest BCUT2D eigenvalue weighted by atomic mass is 9.92. The van der Waals surface area contributed by atoms with Gasteiger partial charge in [0.2, 0.25) is 11.8 Å². The Kier molecular flexibility index (Phi) is 4.14. The minimum absolute atomic E-state index is 0.0788. The van der Waals surface area contributed by atoms with Crippen molar-refractivity contribution in [3.63, 3.8) is 0 Å². The van der Waals surface area contributed by atoms with Crippen molar-refractivity contribution in [3.8, 4) is 11.1 Å². The van der Waals surface area contributed by atoms with E-state index in [1.54, 1.807) is 18.3 Å². The van der Waals surface area contributed by atoms with Crippen LogP contribution < -0.4 is 5.32 Å². The lowest BCUT2D eigenvalue weighted by Gasteiger charge is -2.16. The number of aromatic nitrogens is 1. The van der Waals surface area contributed by atoms with Crippen molar-refractivity contribution in [1.82, 2.24) is 5.16 Å². The summed E-state index contributed by atoms with van der Waals surface area (Å²) in [6, 6.07) is 7.28. The van der Waals surface area contributed by atoms with E-state index in [4.69, 9.17) is 16.1 Å². The fourth-order valence-electron chi connectivity index (χ4n) is 1.82. The van der Waals surface area contributed by atoms with Crippen molar-refractivity contribution in [2.75, 3.05) is 5.32 Å². The molecule has 0 aliphatic rings. The van der Waals surface area contributed by atoms with Crippen LogP contribution in [-0.4, -0.2) is 11.1 Å². The summed E-state index contributed by atoms with van der Waals surface area (Å²) in [6.07, 6.45) is 1.99. The van der Waals surface area contributed by atoms with Crippen molar-refractivity contribution in [2.24, 2.45) is 5.41 Å². The monoisotopic (exact) mass is 292 g/mol. The number of halogens is 1. The van der Waals surface area contributed by atoms with Crippen molar-refractivity contribution in [3.05, 3.63) is 35.5 Å². The van der Waals surface area contributed by atoms with Gasteiger partial charge in [-0.15, -0.1) is 0 Å². The van der Waals surface area contributed by atoms with Crippen LogP contribution in [0.25, 0.3) is 11.1 Å². The first-order valence-corrected chi connectivity index (χ1v) is 6.73. The number of benzene rings is 1. The van der Waals surface area contributed by atoms with Gasteiger partial charge in [-0.2, -0.15) is 0 Å². The molecule has 5 heteroatoms. The highest BCUT2D eigenvalue weighted by Gasteiger charge is 2.19. The average molecular weight is 293 g/mol. The largest absolute Gasteiger partial charge is 0.338 e. The molecule has 0 fully saturated rings. The maximum absolute atomic E-state index is 11.9. The molecular formula is C15H17ClN2O2. The zero-order valence-electron chi connectivity index (χ0n) is 11.7. The van der Waals surface area contributed by atoms with Crippen LogP contribution in [0.3, 0.4) is 0 Å². The smallest absolute Gasteiger partial charge is 0.239 e. The number of hydrogen-bond acceptors (Lipinski definition) is 3. The maximum atomic E-state index is 11.9. The Morgan fingerprint density at radius 2 is 1.95 bits per heavy atom. The first-order chi connectivity index (χ1) is 9.35. The quantitative estimate of drug-likeness (QED) is 0.914. The highest BCUT2D eigenvalue weighted by atomic mass is 35.5. The molecule has 2 aromatic rings. The number of amides is 1. The third-order valence-corrected chi connectivity index (χ3v) is 2.92. The van der Waals surface area contributed by atoms with Crippen molar-refractivity contribution in [2.45, 2.75) is 27.2 Å². The number of carbonyl (C=O) groups is 1. The highest BCUT2D eigenvalue weighted by molar-refractivity contribution is 6.30. The van der Waals surface area contributed by atoms with Crippen LogP contribution in [0.15, 0.2) is 35.0 Å². The summed E-state index contributed by atoms with van der Waals surface area (Å²) in [5.41, 5.74) is 1.55. The van der Waals surface area contributed by atoms with Crippen LogP contribution in [0.2, 0.25) is 5.02 Å².